The van der Waals surface area contributed by atoms with Gasteiger partial charge in [0.15, 0.2) is 0 Å². The highest BCUT2D eigenvalue weighted by molar-refractivity contribution is 7.10. The molecular weight excluding hydrogens is 170 g/mol. The Morgan fingerprint density at radius 2 is 2.60 bits per heavy atom. The van der Waals surface area contributed by atoms with Crippen LogP contribution in [0.2, 0.25) is 5.02 Å². The minimum absolute atomic E-state index is 0.674. The summed E-state index contributed by atoms with van der Waals surface area (Å²) in [4.78, 5) is 5.77. The van der Waals surface area contributed by atoms with Gasteiger partial charge in [0.25, 0.3) is 0 Å². The lowest BCUT2D eigenvalue weighted by atomic mass is 10.5. The highest BCUT2D eigenvalue weighted by Gasteiger charge is 1.98. The molecule has 1 heterocycles. The van der Waals surface area contributed by atoms with Gasteiger partial charge in [0, 0.05) is 4.88 Å². The summed E-state index contributed by atoms with van der Waals surface area (Å²) in [5.74, 6) is 0. The SMILES string of the molecule is CONCc1sccc1Cl. The Morgan fingerprint density at radius 1 is 1.80 bits per heavy atom. The third kappa shape index (κ3) is 1.95. The van der Waals surface area contributed by atoms with Crippen molar-refractivity contribution in [3.63, 3.8) is 0 Å². The molecule has 0 aliphatic rings. The molecule has 0 saturated carbocycles. The molecule has 1 rings (SSSR count). The van der Waals surface area contributed by atoms with E-state index in [2.05, 4.69) is 10.3 Å². The highest BCUT2D eigenvalue weighted by atomic mass is 35.5. The Balaban J connectivity index is 2.49. The molecule has 1 aromatic rings. The molecule has 56 valence electrons. The number of thiophene rings is 1. The number of hydrogen-bond acceptors (Lipinski definition) is 3. The van der Waals surface area contributed by atoms with Crippen molar-refractivity contribution in [1.82, 2.24) is 5.48 Å². The topological polar surface area (TPSA) is 21.3 Å². The predicted molar refractivity (Wildman–Crippen MR) is 43.2 cm³/mol. The van der Waals surface area contributed by atoms with Crippen molar-refractivity contribution < 1.29 is 4.84 Å². The maximum Gasteiger partial charge on any atom is 0.0572 e. The molecule has 0 aliphatic carbocycles. The van der Waals surface area contributed by atoms with Crippen LogP contribution in [-0.2, 0) is 11.4 Å². The molecule has 0 aliphatic heterocycles. The molecule has 0 fully saturated rings. The predicted octanol–water partition coefficient (Wildman–Crippen LogP) is 2.05. The molecule has 1 aromatic heterocycles. The molecule has 0 bridgehead atoms. The van der Waals surface area contributed by atoms with Crippen LogP contribution in [0.4, 0.5) is 0 Å². The zero-order valence-corrected chi connectivity index (χ0v) is 7.13. The molecule has 4 heteroatoms. The number of hydroxylamine groups is 1. The summed E-state index contributed by atoms with van der Waals surface area (Å²) in [6.45, 7) is 0.674. The normalized spacial score (nSPS) is 10.2. The van der Waals surface area contributed by atoms with E-state index in [1.807, 2.05) is 11.4 Å². The Bertz CT molecular complexity index is 201. The first-order valence-corrected chi connectivity index (χ1v) is 4.08. The van der Waals surface area contributed by atoms with Crippen molar-refractivity contribution in [2.45, 2.75) is 6.54 Å². The fraction of sp³-hybridized carbons (Fsp3) is 0.333. The third-order valence-electron chi connectivity index (χ3n) is 1.07. The van der Waals surface area contributed by atoms with Gasteiger partial charge in [-0.15, -0.1) is 11.3 Å². The van der Waals surface area contributed by atoms with E-state index < -0.39 is 0 Å². The van der Waals surface area contributed by atoms with Crippen LogP contribution in [0.5, 0.6) is 0 Å². The molecule has 0 spiro atoms. The van der Waals surface area contributed by atoms with E-state index in [9.17, 15) is 0 Å². The van der Waals surface area contributed by atoms with Crippen LogP contribution in [0.1, 0.15) is 4.88 Å². The van der Waals surface area contributed by atoms with Crippen LogP contribution in [0.25, 0.3) is 0 Å². The Labute approximate surface area is 68.7 Å². The third-order valence-corrected chi connectivity index (χ3v) is 2.46. The van der Waals surface area contributed by atoms with Gasteiger partial charge >= 0.3 is 0 Å². The van der Waals surface area contributed by atoms with Crippen molar-refractivity contribution in [2.24, 2.45) is 0 Å². The maximum atomic E-state index is 5.79. The molecule has 1 N–H and O–H groups in total. The average Bonchev–Trinajstić information content (AvgIpc) is 2.31. The maximum absolute atomic E-state index is 5.79. The minimum Gasteiger partial charge on any atom is -0.305 e. The van der Waals surface area contributed by atoms with Crippen LogP contribution >= 0.6 is 22.9 Å². The average molecular weight is 178 g/mol. The number of hydrogen-bond donors (Lipinski definition) is 1. The van der Waals surface area contributed by atoms with Gasteiger partial charge in [0.1, 0.15) is 0 Å². The van der Waals surface area contributed by atoms with E-state index in [4.69, 9.17) is 11.6 Å². The summed E-state index contributed by atoms with van der Waals surface area (Å²) < 4.78 is 0. The van der Waals surface area contributed by atoms with E-state index in [1.165, 1.54) is 0 Å². The van der Waals surface area contributed by atoms with E-state index in [0.29, 0.717) is 6.54 Å². The summed E-state index contributed by atoms with van der Waals surface area (Å²) in [6.07, 6.45) is 0. The zero-order valence-electron chi connectivity index (χ0n) is 5.56. The quantitative estimate of drug-likeness (QED) is 0.714. The summed E-state index contributed by atoms with van der Waals surface area (Å²) >= 11 is 7.41. The molecule has 0 aromatic carbocycles. The van der Waals surface area contributed by atoms with Crippen molar-refractivity contribution in [3.8, 4) is 0 Å². The molecule has 0 atom stereocenters. The molecule has 0 radical (unpaired) electrons. The smallest absolute Gasteiger partial charge is 0.0572 e. The van der Waals surface area contributed by atoms with Gasteiger partial charge in [0.2, 0.25) is 0 Å². The van der Waals surface area contributed by atoms with Crippen LogP contribution in [-0.4, -0.2) is 7.11 Å². The Morgan fingerprint density at radius 3 is 3.10 bits per heavy atom. The number of nitrogens with one attached hydrogen (secondary N) is 1. The van der Waals surface area contributed by atoms with Gasteiger partial charge in [-0.1, -0.05) is 11.6 Å². The molecule has 10 heavy (non-hydrogen) atoms. The molecular formula is C6H8ClNOS. The standard InChI is InChI=1S/C6H8ClNOS/c1-9-8-4-6-5(7)2-3-10-6/h2-3,8H,4H2,1H3. The van der Waals surface area contributed by atoms with Gasteiger partial charge in [-0.25, -0.2) is 0 Å². The first-order chi connectivity index (χ1) is 4.84. The second-order valence-electron chi connectivity index (χ2n) is 1.72. The fourth-order valence-corrected chi connectivity index (χ4v) is 1.62. The van der Waals surface area contributed by atoms with Gasteiger partial charge in [-0.3, -0.25) is 0 Å². The van der Waals surface area contributed by atoms with E-state index >= 15 is 0 Å². The van der Waals surface area contributed by atoms with E-state index in [0.717, 1.165) is 9.90 Å². The second-order valence-corrected chi connectivity index (χ2v) is 3.12. The summed E-state index contributed by atoms with van der Waals surface area (Å²) in [6, 6.07) is 1.87. The lowest BCUT2D eigenvalue weighted by Gasteiger charge is -1.97. The second kappa shape index (κ2) is 3.93. The van der Waals surface area contributed by atoms with Crippen LogP contribution in [0.15, 0.2) is 11.4 Å². The van der Waals surface area contributed by atoms with Crippen LogP contribution < -0.4 is 5.48 Å². The molecule has 0 amide bonds. The van der Waals surface area contributed by atoms with Gasteiger partial charge in [-0.05, 0) is 11.4 Å². The van der Waals surface area contributed by atoms with Gasteiger partial charge in [0.05, 0.1) is 18.7 Å². The zero-order chi connectivity index (χ0) is 7.40. The highest BCUT2D eigenvalue weighted by Crippen LogP contribution is 2.21. The summed E-state index contributed by atoms with van der Waals surface area (Å²) in [7, 11) is 1.58. The lowest BCUT2D eigenvalue weighted by molar-refractivity contribution is 0.0874. The Kier molecular flexibility index (Phi) is 3.15. The lowest BCUT2D eigenvalue weighted by Crippen LogP contribution is -2.09. The van der Waals surface area contributed by atoms with E-state index in [-0.39, 0.29) is 0 Å². The first kappa shape index (κ1) is 8.01. The first-order valence-electron chi connectivity index (χ1n) is 2.82. The molecule has 0 saturated heterocycles. The number of rotatable bonds is 3. The van der Waals surface area contributed by atoms with Crippen LogP contribution in [0, 0.1) is 0 Å². The van der Waals surface area contributed by atoms with Crippen molar-refractivity contribution in [3.05, 3.63) is 21.3 Å². The monoisotopic (exact) mass is 177 g/mol. The summed E-state index contributed by atoms with van der Waals surface area (Å²) in [5, 5.41) is 2.75. The van der Waals surface area contributed by atoms with Gasteiger partial charge < -0.3 is 4.84 Å². The molecule has 0 unspecified atom stereocenters. The molecule has 2 nitrogen and oxygen atoms in total. The van der Waals surface area contributed by atoms with Crippen molar-refractivity contribution in [2.75, 3.05) is 7.11 Å². The fourth-order valence-electron chi connectivity index (χ4n) is 0.589. The van der Waals surface area contributed by atoms with Gasteiger partial charge in [-0.2, -0.15) is 5.48 Å². The van der Waals surface area contributed by atoms with Crippen LogP contribution in [0.3, 0.4) is 0 Å². The minimum atomic E-state index is 0.674. The number of halogens is 1. The summed E-state index contributed by atoms with van der Waals surface area (Å²) in [5.41, 5.74) is 2.72. The van der Waals surface area contributed by atoms with Crippen molar-refractivity contribution >= 4 is 22.9 Å². The largest absolute Gasteiger partial charge is 0.305 e. The Hall–Kier alpha value is -0.0900. The van der Waals surface area contributed by atoms with Crippen molar-refractivity contribution in [1.29, 1.82) is 0 Å². The van der Waals surface area contributed by atoms with E-state index in [1.54, 1.807) is 18.4 Å².